The molecule has 0 amide bonds. The Kier molecular flexibility index (Phi) is 4.73. The van der Waals surface area contributed by atoms with Gasteiger partial charge in [-0.1, -0.05) is 11.6 Å². The summed E-state index contributed by atoms with van der Waals surface area (Å²) in [5, 5.41) is 19.7. The molecule has 0 spiro atoms. The molecule has 24 heavy (non-hydrogen) atoms. The van der Waals surface area contributed by atoms with Gasteiger partial charge in [-0.15, -0.1) is 10.2 Å². The number of aryl methyl sites for hydroxylation is 1. The van der Waals surface area contributed by atoms with Gasteiger partial charge >= 0.3 is 0 Å². The number of nitrogens with zero attached hydrogens (tertiary/aromatic N) is 2. The number of carboxylic acids is 1. The third-order valence-electron chi connectivity index (χ3n) is 2.93. The Morgan fingerprint density at radius 3 is 2.54 bits per heavy atom. The fraction of sp³-hybridized carbons (Fsp3) is 0.0625. The summed E-state index contributed by atoms with van der Waals surface area (Å²) in [6, 6.07) is 10.2. The summed E-state index contributed by atoms with van der Waals surface area (Å²) in [5.74, 6) is -0.0237. The van der Waals surface area contributed by atoms with Crippen LogP contribution in [0.25, 0.3) is 17.5 Å². The Balaban J connectivity index is 1.82. The van der Waals surface area contributed by atoms with Crippen LogP contribution in [-0.2, 0) is 4.79 Å². The van der Waals surface area contributed by atoms with Crippen molar-refractivity contribution in [1.29, 1.82) is 0 Å². The molecular formula is C16H10ClN2O4S-. The standard InChI is InChI=1S/C16H11ClN2O4S/c1-9-2-7-12(22-9)8-13(15(20)21)24-16-19-18-14(23-16)10-3-5-11(17)6-4-10/h2-8H,1H3,(H,20,21)/p-1/b13-8-. The van der Waals surface area contributed by atoms with Crippen LogP contribution in [0.5, 0.6) is 0 Å². The maximum Gasteiger partial charge on any atom is 0.281 e. The Morgan fingerprint density at radius 1 is 1.17 bits per heavy atom. The van der Waals surface area contributed by atoms with Gasteiger partial charge in [-0.05, 0) is 61.2 Å². The van der Waals surface area contributed by atoms with E-state index in [0.717, 1.165) is 11.8 Å². The van der Waals surface area contributed by atoms with Crippen molar-refractivity contribution in [1.82, 2.24) is 10.2 Å². The molecule has 3 aromatic rings. The Labute approximate surface area is 146 Å². The molecule has 0 atom stereocenters. The van der Waals surface area contributed by atoms with Crippen molar-refractivity contribution in [2.24, 2.45) is 0 Å². The predicted molar refractivity (Wildman–Crippen MR) is 87.0 cm³/mol. The lowest BCUT2D eigenvalue weighted by Gasteiger charge is -2.03. The van der Waals surface area contributed by atoms with E-state index in [9.17, 15) is 9.90 Å². The molecule has 0 saturated heterocycles. The number of carbonyl (C=O) groups is 1. The molecule has 0 fully saturated rings. The van der Waals surface area contributed by atoms with Gasteiger partial charge in [0.1, 0.15) is 11.5 Å². The van der Waals surface area contributed by atoms with Crippen molar-refractivity contribution in [3.63, 3.8) is 0 Å². The quantitative estimate of drug-likeness (QED) is 0.509. The minimum Gasteiger partial charge on any atom is -0.544 e. The van der Waals surface area contributed by atoms with E-state index in [2.05, 4.69) is 10.2 Å². The molecule has 1 aromatic carbocycles. The molecule has 8 heteroatoms. The fourth-order valence-corrected chi connectivity index (χ4v) is 2.62. The van der Waals surface area contributed by atoms with Gasteiger partial charge in [-0.25, -0.2) is 0 Å². The normalized spacial score (nSPS) is 11.7. The molecule has 0 radical (unpaired) electrons. The summed E-state index contributed by atoms with van der Waals surface area (Å²) in [7, 11) is 0. The minimum atomic E-state index is -1.36. The lowest BCUT2D eigenvalue weighted by atomic mass is 10.2. The molecule has 0 bridgehead atoms. The van der Waals surface area contributed by atoms with Gasteiger partial charge in [0.25, 0.3) is 5.22 Å². The van der Waals surface area contributed by atoms with Crippen LogP contribution in [-0.4, -0.2) is 16.2 Å². The van der Waals surface area contributed by atoms with Gasteiger partial charge < -0.3 is 18.7 Å². The van der Waals surface area contributed by atoms with Crippen molar-refractivity contribution in [3.05, 3.63) is 57.8 Å². The van der Waals surface area contributed by atoms with Gasteiger partial charge in [0, 0.05) is 15.5 Å². The van der Waals surface area contributed by atoms with Crippen LogP contribution in [0.3, 0.4) is 0 Å². The summed E-state index contributed by atoms with van der Waals surface area (Å²) in [6.07, 6.45) is 1.35. The summed E-state index contributed by atoms with van der Waals surface area (Å²) in [6.45, 7) is 1.76. The molecule has 0 aliphatic carbocycles. The number of furan rings is 1. The second-order valence-corrected chi connectivity index (χ2v) is 6.16. The van der Waals surface area contributed by atoms with Crippen molar-refractivity contribution in [2.75, 3.05) is 0 Å². The van der Waals surface area contributed by atoms with Gasteiger partial charge in [0.15, 0.2) is 0 Å². The predicted octanol–water partition coefficient (Wildman–Crippen LogP) is 3.17. The number of carbonyl (C=O) groups excluding carboxylic acids is 1. The van der Waals surface area contributed by atoms with Crippen LogP contribution in [0.4, 0.5) is 0 Å². The van der Waals surface area contributed by atoms with Gasteiger partial charge in [0.2, 0.25) is 5.89 Å². The van der Waals surface area contributed by atoms with Crippen LogP contribution < -0.4 is 5.11 Å². The lowest BCUT2D eigenvalue weighted by Crippen LogP contribution is -2.22. The van der Waals surface area contributed by atoms with Crippen LogP contribution >= 0.6 is 23.4 Å². The lowest BCUT2D eigenvalue weighted by molar-refractivity contribution is -0.298. The molecule has 2 aromatic heterocycles. The van der Waals surface area contributed by atoms with Crippen LogP contribution in [0, 0.1) is 6.92 Å². The minimum absolute atomic E-state index is 0.0821. The highest BCUT2D eigenvalue weighted by Gasteiger charge is 2.13. The number of halogens is 1. The molecule has 3 rings (SSSR count). The molecule has 0 saturated carbocycles. The molecule has 122 valence electrons. The first-order chi connectivity index (χ1) is 11.5. The zero-order valence-electron chi connectivity index (χ0n) is 12.4. The summed E-state index contributed by atoms with van der Waals surface area (Å²) in [5.41, 5.74) is 0.680. The maximum atomic E-state index is 11.3. The van der Waals surface area contributed by atoms with E-state index in [1.54, 1.807) is 43.3 Å². The number of rotatable bonds is 5. The van der Waals surface area contributed by atoms with Gasteiger partial charge in [-0.3, -0.25) is 0 Å². The highest BCUT2D eigenvalue weighted by Crippen LogP contribution is 2.30. The average Bonchev–Trinajstić information content (AvgIpc) is 3.17. The molecule has 6 nitrogen and oxygen atoms in total. The van der Waals surface area contributed by atoms with Crippen molar-refractivity contribution in [3.8, 4) is 11.5 Å². The van der Waals surface area contributed by atoms with Crippen LogP contribution in [0.2, 0.25) is 5.02 Å². The van der Waals surface area contributed by atoms with Crippen molar-refractivity contribution < 1.29 is 18.7 Å². The van der Waals surface area contributed by atoms with Crippen molar-refractivity contribution in [2.45, 2.75) is 12.1 Å². The molecular weight excluding hydrogens is 352 g/mol. The van der Waals surface area contributed by atoms with E-state index < -0.39 is 5.97 Å². The Hall–Kier alpha value is -2.51. The number of aliphatic carboxylic acids is 1. The first-order valence-corrected chi connectivity index (χ1v) is 7.97. The maximum absolute atomic E-state index is 11.3. The SMILES string of the molecule is Cc1ccc(/C=C(\Sc2nnc(-c3ccc(Cl)cc3)o2)C(=O)[O-])o1. The number of aromatic nitrogens is 2. The van der Waals surface area contributed by atoms with E-state index in [4.69, 9.17) is 20.4 Å². The van der Waals surface area contributed by atoms with E-state index >= 15 is 0 Å². The van der Waals surface area contributed by atoms with Gasteiger partial charge in [-0.2, -0.15) is 0 Å². The number of carboxylic acid groups (broad SMARTS) is 1. The summed E-state index contributed by atoms with van der Waals surface area (Å²) in [4.78, 5) is 11.2. The Morgan fingerprint density at radius 2 is 1.92 bits per heavy atom. The van der Waals surface area contributed by atoms with E-state index in [1.807, 2.05) is 0 Å². The number of hydrogen-bond donors (Lipinski definition) is 0. The zero-order valence-corrected chi connectivity index (χ0v) is 13.9. The van der Waals surface area contributed by atoms with E-state index in [-0.39, 0.29) is 16.0 Å². The van der Waals surface area contributed by atoms with Crippen LogP contribution in [0.1, 0.15) is 11.5 Å². The first kappa shape index (κ1) is 16.4. The molecule has 0 N–H and O–H groups in total. The second kappa shape index (κ2) is 6.94. The Bertz CT molecular complexity index is 899. The molecule has 0 aliphatic heterocycles. The number of benzene rings is 1. The monoisotopic (exact) mass is 361 g/mol. The highest BCUT2D eigenvalue weighted by atomic mass is 35.5. The van der Waals surface area contributed by atoms with Crippen molar-refractivity contribution >= 4 is 35.4 Å². The zero-order chi connectivity index (χ0) is 17.1. The summed E-state index contributed by atoms with van der Waals surface area (Å²) < 4.78 is 10.8. The smallest absolute Gasteiger partial charge is 0.281 e. The first-order valence-electron chi connectivity index (χ1n) is 6.78. The molecule has 0 unspecified atom stereocenters. The van der Waals surface area contributed by atoms with Crippen LogP contribution in [0.15, 0.2) is 55.4 Å². The number of hydrogen-bond acceptors (Lipinski definition) is 7. The topological polar surface area (TPSA) is 92.2 Å². The largest absolute Gasteiger partial charge is 0.544 e. The third kappa shape index (κ3) is 3.87. The van der Waals surface area contributed by atoms with Gasteiger partial charge in [0.05, 0.1) is 5.97 Å². The third-order valence-corrected chi connectivity index (χ3v) is 4.03. The van der Waals surface area contributed by atoms with E-state index in [1.165, 1.54) is 6.08 Å². The highest BCUT2D eigenvalue weighted by molar-refractivity contribution is 8.03. The fourth-order valence-electron chi connectivity index (χ4n) is 1.84. The molecule has 2 heterocycles. The second-order valence-electron chi connectivity index (χ2n) is 4.73. The summed E-state index contributed by atoms with van der Waals surface area (Å²) >= 11 is 6.62. The van der Waals surface area contributed by atoms with E-state index in [0.29, 0.717) is 22.1 Å². The number of thioether (sulfide) groups is 1. The average molecular weight is 362 g/mol. The molecule has 0 aliphatic rings.